The molecule has 1 aromatic rings. The fourth-order valence-electron chi connectivity index (χ4n) is 2.92. The first-order chi connectivity index (χ1) is 11.1. The lowest BCUT2D eigenvalue weighted by molar-refractivity contribution is -0.143. The Morgan fingerprint density at radius 1 is 1.39 bits per heavy atom. The summed E-state index contributed by atoms with van der Waals surface area (Å²) in [7, 11) is 0. The van der Waals surface area contributed by atoms with Crippen molar-refractivity contribution in [1.29, 1.82) is 0 Å². The van der Waals surface area contributed by atoms with E-state index in [2.05, 4.69) is 17.0 Å². The molecular weight excluding hydrogens is 321 g/mol. The standard InChI is InChI=1S/C16H19ClFN3O2/c1-2-20-6-8-21(9-7-20)16(22)14-10-13(19-23-14)15-11(17)4-3-5-12(15)18/h3-5,14H,2,6-10H2,1H3/t14-/m0/s1. The molecule has 23 heavy (non-hydrogen) atoms. The van der Waals surface area contributed by atoms with Gasteiger partial charge in [-0.05, 0) is 18.7 Å². The third kappa shape index (κ3) is 3.33. The van der Waals surface area contributed by atoms with Gasteiger partial charge in [-0.3, -0.25) is 4.79 Å². The number of carbonyl (C=O) groups is 1. The molecule has 2 heterocycles. The highest BCUT2D eigenvalue weighted by Crippen LogP contribution is 2.26. The van der Waals surface area contributed by atoms with Crippen LogP contribution in [0.3, 0.4) is 0 Å². The van der Waals surface area contributed by atoms with Gasteiger partial charge in [0.15, 0.2) is 0 Å². The normalized spacial score (nSPS) is 22.0. The van der Waals surface area contributed by atoms with Crippen LogP contribution < -0.4 is 0 Å². The number of rotatable bonds is 3. The van der Waals surface area contributed by atoms with E-state index in [1.54, 1.807) is 11.0 Å². The molecule has 3 rings (SSSR count). The molecule has 124 valence electrons. The summed E-state index contributed by atoms with van der Waals surface area (Å²) in [5.74, 6) is -0.545. The molecule has 0 aliphatic carbocycles. The van der Waals surface area contributed by atoms with Gasteiger partial charge in [0.25, 0.3) is 5.91 Å². The van der Waals surface area contributed by atoms with Gasteiger partial charge in [-0.25, -0.2) is 4.39 Å². The maximum atomic E-state index is 13.9. The summed E-state index contributed by atoms with van der Waals surface area (Å²) >= 11 is 6.04. The number of piperazine rings is 1. The molecule has 1 amide bonds. The summed E-state index contributed by atoms with van der Waals surface area (Å²) in [6.45, 7) is 6.19. The first kappa shape index (κ1) is 16.2. The van der Waals surface area contributed by atoms with E-state index in [-0.39, 0.29) is 22.9 Å². The minimum Gasteiger partial charge on any atom is -0.382 e. The molecule has 2 aliphatic heterocycles. The number of likely N-dealkylation sites (N-methyl/N-ethyl adjacent to an activating group) is 1. The quantitative estimate of drug-likeness (QED) is 0.847. The maximum Gasteiger partial charge on any atom is 0.266 e. The van der Waals surface area contributed by atoms with Gasteiger partial charge in [0.05, 0.1) is 16.3 Å². The van der Waals surface area contributed by atoms with Crippen LogP contribution in [0.2, 0.25) is 5.02 Å². The summed E-state index contributed by atoms with van der Waals surface area (Å²) in [6, 6.07) is 4.46. The number of hydrogen-bond acceptors (Lipinski definition) is 4. The van der Waals surface area contributed by atoms with Crippen LogP contribution in [0.1, 0.15) is 18.9 Å². The first-order valence-corrected chi connectivity index (χ1v) is 8.16. The molecule has 0 aromatic heterocycles. The van der Waals surface area contributed by atoms with Gasteiger partial charge in [0.2, 0.25) is 6.10 Å². The third-order valence-corrected chi connectivity index (χ3v) is 4.64. The van der Waals surface area contributed by atoms with Crippen LogP contribution in [0.15, 0.2) is 23.4 Å². The molecule has 1 fully saturated rings. The van der Waals surface area contributed by atoms with Gasteiger partial charge in [-0.1, -0.05) is 29.7 Å². The lowest BCUT2D eigenvalue weighted by atomic mass is 10.0. The number of oxime groups is 1. The molecule has 1 atom stereocenters. The molecule has 0 bridgehead atoms. The fourth-order valence-corrected chi connectivity index (χ4v) is 3.19. The minimum absolute atomic E-state index is 0.0908. The van der Waals surface area contributed by atoms with E-state index >= 15 is 0 Å². The van der Waals surface area contributed by atoms with Crippen molar-refractivity contribution < 1.29 is 14.0 Å². The highest BCUT2D eigenvalue weighted by Gasteiger charge is 2.34. The molecular formula is C16H19ClFN3O2. The minimum atomic E-state index is -0.686. The molecule has 0 N–H and O–H groups in total. The molecule has 5 nitrogen and oxygen atoms in total. The monoisotopic (exact) mass is 339 g/mol. The largest absolute Gasteiger partial charge is 0.382 e. The summed E-state index contributed by atoms with van der Waals surface area (Å²) < 4.78 is 13.9. The summed E-state index contributed by atoms with van der Waals surface area (Å²) in [5, 5.41) is 4.17. The third-order valence-electron chi connectivity index (χ3n) is 4.33. The Kier molecular flexibility index (Phi) is 4.82. The Morgan fingerprint density at radius 2 is 2.13 bits per heavy atom. The van der Waals surface area contributed by atoms with Gasteiger partial charge in [0, 0.05) is 32.6 Å². The second kappa shape index (κ2) is 6.84. The van der Waals surface area contributed by atoms with Crippen LogP contribution in [-0.4, -0.2) is 60.2 Å². The summed E-state index contributed by atoms with van der Waals surface area (Å²) in [6.07, 6.45) is -0.443. The summed E-state index contributed by atoms with van der Waals surface area (Å²) in [5.41, 5.74) is 0.610. The summed E-state index contributed by atoms with van der Waals surface area (Å²) in [4.78, 5) is 21.9. The van der Waals surface area contributed by atoms with Crippen LogP contribution in [0.5, 0.6) is 0 Å². The second-order valence-electron chi connectivity index (χ2n) is 5.69. The van der Waals surface area contributed by atoms with Gasteiger partial charge >= 0.3 is 0 Å². The van der Waals surface area contributed by atoms with Crippen molar-refractivity contribution in [3.05, 3.63) is 34.6 Å². The van der Waals surface area contributed by atoms with E-state index in [4.69, 9.17) is 16.4 Å². The van der Waals surface area contributed by atoms with E-state index < -0.39 is 11.9 Å². The topological polar surface area (TPSA) is 45.1 Å². The van der Waals surface area contributed by atoms with Gasteiger partial charge in [0.1, 0.15) is 5.82 Å². The van der Waals surface area contributed by atoms with Crippen molar-refractivity contribution in [1.82, 2.24) is 9.80 Å². The van der Waals surface area contributed by atoms with Crippen LogP contribution in [0, 0.1) is 5.82 Å². The highest BCUT2D eigenvalue weighted by atomic mass is 35.5. The smallest absolute Gasteiger partial charge is 0.266 e. The lowest BCUT2D eigenvalue weighted by Gasteiger charge is -2.34. The second-order valence-corrected chi connectivity index (χ2v) is 6.10. The molecule has 2 aliphatic rings. The van der Waals surface area contributed by atoms with E-state index in [9.17, 15) is 9.18 Å². The number of hydrogen-bond donors (Lipinski definition) is 0. The van der Waals surface area contributed by atoms with E-state index in [1.165, 1.54) is 12.1 Å². The van der Waals surface area contributed by atoms with Gasteiger partial charge in [-0.15, -0.1) is 0 Å². The van der Waals surface area contributed by atoms with E-state index in [1.807, 2.05) is 0 Å². The molecule has 1 aromatic carbocycles. The zero-order valence-electron chi connectivity index (χ0n) is 13.0. The van der Waals surface area contributed by atoms with Gasteiger partial charge < -0.3 is 14.6 Å². The molecule has 0 radical (unpaired) electrons. The predicted molar refractivity (Wildman–Crippen MR) is 86.1 cm³/mol. The molecule has 0 saturated carbocycles. The van der Waals surface area contributed by atoms with Crippen molar-refractivity contribution in [3.8, 4) is 0 Å². The van der Waals surface area contributed by atoms with Crippen molar-refractivity contribution in [2.45, 2.75) is 19.4 Å². The van der Waals surface area contributed by atoms with Crippen molar-refractivity contribution in [2.24, 2.45) is 5.16 Å². The highest BCUT2D eigenvalue weighted by molar-refractivity contribution is 6.34. The van der Waals surface area contributed by atoms with Gasteiger partial charge in [-0.2, -0.15) is 0 Å². The Labute approximate surface area is 139 Å². The Hall–Kier alpha value is -1.66. The Balaban J connectivity index is 1.64. The maximum absolute atomic E-state index is 13.9. The predicted octanol–water partition coefficient (Wildman–Crippen LogP) is 2.14. The first-order valence-electron chi connectivity index (χ1n) is 7.78. The zero-order chi connectivity index (χ0) is 16.4. The van der Waals surface area contributed by atoms with Crippen LogP contribution in [-0.2, 0) is 9.63 Å². The number of halogens is 2. The number of benzene rings is 1. The van der Waals surface area contributed by atoms with Crippen molar-refractivity contribution in [2.75, 3.05) is 32.7 Å². The van der Waals surface area contributed by atoms with Crippen molar-refractivity contribution >= 4 is 23.2 Å². The molecule has 0 unspecified atom stereocenters. The van der Waals surface area contributed by atoms with Crippen LogP contribution >= 0.6 is 11.6 Å². The molecule has 1 saturated heterocycles. The number of carbonyl (C=O) groups excluding carboxylic acids is 1. The lowest BCUT2D eigenvalue weighted by Crippen LogP contribution is -2.51. The Morgan fingerprint density at radius 3 is 2.78 bits per heavy atom. The number of nitrogens with zero attached hydrogens (tertiary/aromatic N) is 3. The molecule has 7 heteroatoms. The van der Waals surface area contributed by atoms with E-state index in [0.717, 1.165) is 19.6 Å². The average molecular weight is 340 g/mol. The fraction of sp³-hybridized carbons (Fsp3) is 0.500. The Bertz CT molecular complexity index is 610. The van der Waals surface area contributed by atoms with E-state index in [0.29, 0.717) is 18.8 Å². The average Bonchev–Trinajstić information content (AvgIpc) is 3.04. The van der Waals surface area contributed by atoms with Crippen LogP contribution in [0.4, 0.5) is 4.39 Å². The zero-order valence-corrected chi connectivity index (χ0v) is 13.7. The van der Waals surface area contributed by atoms with Crippen LogP contribution in [0.25, 0.3) is 0 Å². The number of amides is 1. The van der Waals surface area contributed by atoms with Crippen molar-refractivity contribution in [3.63, 3.8) is 0 Å². The molecule has 0 spiro atoms. The SMILES string of the molecule is CCN1CCN(C(=O)[C@@H]2CC(c3c(F)cccc3Cl)=NO2)CC1.